The second-order valence-electron chi connectivity index (χ2n) is 4.80. The van der Waals surface area contributed by atoms with E-state index in [2.05, 4.69) is 15.9 Å². The number of aliphatic carboxylic acids is 1. The van der Waals surface area contributed by atoms with E-state index < -0.39 is 11.9 Å². The second-order valence-corrected chi connectivity index (χ2v) is 5.65. The molecule has 2 unspecified atom stereocenters. The van der Waals surface area contributed by atoms with Gasteiger partial charge in [-0.2, -0.15) is 0 Å². The molecule has 1 saturated heterocycles. The summed E-state index contributed by atoms with van der Waals surface area (Å²) in [5, 5.41) is 9.33. The van der Waals surface area contributed by atoms with Crippen LogP contribution in [0.15, 0.2) is 22.7 Å². The quantitative estimate of drug-likeness (QED) is 0.929. The molecule has 1 fully saturated rings. The summed E-state index contributed by atoms with van der Waals surface area (Å²) in [6.45, 7) is 4.37. The van der Waals surface area contributed by atoms with E-state index in [4.69, 9.17) is 0 Å². The Morgan fingerprint density at radius 1 is 1.53 bits per heavy atom. The first-order chi connectivity index (χ1) is 8.95. The molecule has 5 heteroatoms. The van der Waals surface area contributed by atoms with Crippen LogP contribution >= 0.6 is 15.9 Å². The Morgan fingerprint density at radius 2 is 2.21 bits per heavy atom. The highest BCUT2D eigenvalue weighted by Gasteiger charge is 2.44. The number of hydrogen-bond acceptors (Lipinski definition) is 2. The zero-order valence-corrected chi connectivity index (χ0v) is 12.5. The number of amides is 1. The predicted molar refractivity (Wildman–Crippen MR) is 74.7 cm³/mol. The average molecular weight is 326 g/mol. The summed E-state index contributed by atoms with van der Waals surface area (Å²) in [5.74, 6) is -1.68. The first-order valence-corrected chi connectivity index (χ1v) is 7.03. The minimum atomic E-state index is -0.915. The van der Waals surface area contributed by atoms with Gasteiger partial charge in [-0.15, -0.1) is 0 Å². The molecule has 1 aromatic carbocycles. The molecule has 0 radical (unpaired) electrons. The van der Waals surface area contributed by atoms with Crippen LogP contribution in [0, 0.1) is 12.8 Å². The molecule has 102 valence electrons. The summed E-state index contributed by atoms with van der Waals surface area (Å²) in [6.07, 6.45) is 0.0775. The number of benzene rings is 1. The van der Waals surface area contributed by atoms with Crippen LogP contribution in [0.3, 0.4) is 0 Å². The molecule has 0 saturated carbocycles. The summed E-state index contributed by atoms with van der Waals surface area (Å²) < 4.78 is 0.858. The van der Waals surface area contributed by atoms with Crippen LogP contribution in [-0.2, 0) is 9.59 Å². The van der Waals surface area contributed by atoms with E-state index in [0.717, 1.165) is 15.6 Å². The van der Waals surface area contributed by atoms with E-state index in [1.165, 1.54) is 0 Å². The number of likely N-dealkylation sites (tertiary alicyclic amines) is 1. The maximum atomic E-state index is 11.9. The fourth-order valence-corrected chi connectivity index (χ4v) is 3.37. The molecule has 1 amide bonds. The molecular weight excluding hydrogens is 310 g/mol. The SMILES string of the molecule is CCN1C(=O)CC(C(=O)O)C1c1ccc(C)cc1Br. The molecule has 2 rings (SSSR count). The van der Waals surface area contributed by atoms with Gasteiger partial charge >= 0.3 is 5.97 Å². The molecule has 0 aromatic heterocycles. The summed E-state index contributed by atoms with van der Waals surface area (Å²) in [5.41, 5.74) is 1.96. The topological polar surface area (TPSA) is 57.6 Å². The third kappa shape index (κ3) is 2.52. The van der Waals surface area contributed by atoms with Gasteiger partial charge < -0.3 is 10.0 Å². The Morgan fingerprint density at radius 3 is 2.74 bits per heavy atom. The standard InChI is InChI=1S/C14H16BrNO3/c1-3-16-12(17)7-10(14(18)19)13(16)9-5-4-8(2)6-11(9)15/h4-6,10,13H,3,7H2,1-2H3,(H,18,19). The lowest BCUT2D eigenvalue weighted by atomic mass is 9.93. The van der Waals surface area contributed by atoms with Crippen molar-refractivity contribution in [3.05, 3.63) is 33.8 Å². The Hall–Kier alpha value is -1.36. The van der Waals surface area contributed by atoms with E-state index in [1.807, 2.05) is 32.0 Å². The predicted octanol–water partition coefficient (Wildman–Crippen LogP) is 2.75. The van der Waals surface area contributed by atoms with Gasteiger partial charge in [0.15, 0.2) is 0 Å². The van der Waals surface area contributed by atoms with Gasteiger partial charge in [0, 0.05) is 17.4 Å². The van der Waals surface area contributed by atoms with Crippen LogP contribution in [0.5, 0.6) is 0 Å². The van der Waals surface area contributed by atoms with Crippen molar-refractivity contribution in [3.8, 4) is 0 Å². The Bertz CT molecular complexity index is 529. The van der Waals surface area contributed by atoms with Crippen molar-refractivity contribution < 1.29 is 14.7 Å². The number of carbonyl (C=O) groups is 2. The van der Waals surface area contributed by atoms with E-state index in [-0.39, 0.29) is 18.4 Å². The summed E-state index contributed by atoms with van der Waals surface area (Å²) in [4.78, 5) is 25.0. The lowest BCUT2D eigenvalue weighted by Crippen LogP contribution is -2.30. The first-order valence-electron chi connectivity index (χ1n) is 6.24. The van der Waals surface area contributed by atoms with Crippen molar-refractivity contribution in [1.29, 1.82) is 0 Å². The number of carboxylic acids is 1. The van der Waals surface area contributed by atoms with Crippen molar-refractivity contribution in [3.63, 3.8) is 0 Å². The summed E-state index contributed by atoms with van der Waals surface area (Å²) in [7, 11) is 0. The number of rotatable bonds is 3. The number of carboxylic acid groups (broad SMARTS) is 1. The lowest BCUT2D eigenvalue weighted by molar-refractivity contribution is -0.142. The van der Waals surface area contributed by atoms with Gasteiger partial charge in [0.25, 0.3) is 0 Å². The van der Waals surface area contributed by atoms with Gasteiger partial charge in [0.2, 0.25) is 5.91 Å². The summed E-state index contributed by atoms with van der Waals surface area (Å²) in [6, 6.07) is 5.41. The zero-order valence-electron chi connectivity index (χ0n) is 10.9. The third-order valence-electron chi connectivity index (χ3n) is 3.56. The van der Waals surface area contributed by atoms with E-state index in [1.54, 1.807) is 4.90 Å². The van der Waals surface area contributed by atoms with Crippen molar-refractivity contribution in [2.24, 2.45) is 5.92 Å². The Balaban J connectivity index is 2.48. The molecule has 1 N–H and O–H groups in total. The van der Waals surface area contributed by atoms with Gasteiger partial charge in [0.05, 0.1) is 12.0 Å². The fraction of sp³-hybridized carbons (Fsp3) is 0.429. The molecule has 1 aromatic rings. The average Bonchev–Trinajstić information content (AvgIpc) is 2.66. The monoisotopic (exact) mass is 325 g/mol. The number of carbonyl (C=O) groups excluding carboxylic acids is 1. The maximum absolute atomic E-state index is 11.9. The molecular formula is C14H16BrNO3. The lowest BCUT2D eigenvalue weighted by Gasteiger charge is -2.27. The number of nitrogens with zero attached hydrogens (tertiary/aromatic N) is 1. The molecule has 0 bridgehead atoms. The van der Waals surface area contributed by atoms with Crippen LogP contribution in [0.2, 0.25) is 0 Å². The van der Waals surface area contributed by atoms with Crippen LogP contribution in [0.4, 0.5) is 0 Å². The fourth-order valence-electron chi connectivity index (χ4n) is 2.64. The molecule has 0 spiro atoms. The smallest absolute Gasteiger partial charge is 0.309 e. The minimum absolute atomic E-state index is 0.0775. The number of hydrogen-bond donors (Lipinski definition) is 1. The maximum Gasteiger partial charge on any atom is 0.309 e. The highest BCUT2D eigenvalue weighted by Crippen LogP contribution is 2.41. The van der Waals surface area contributed by atoms with Gasteiger partial charge in [0.1, 0.15) is 0 Å². The third-order valence-corrected chi connectivity index (χ3v) is 4.25. The molecule has 4 nitrogen and oxygen atoms in total. The molecule has 2 atom stereocenters. The van der Waals surface area contributed by atoms with Gasteiger partial charge in [-0.05, 0) is 31.0 Å². The van der Waals surface area contributed by atoms with Crippen LogP contribution < -0.4 is 0 Å². The van der Waals surface area contributed by atoms with Crippen molar-refractivity contribution in [1.82, 2.24) is 4.90 Å². The van der Waals surface area contributed by atoms with Crippen LogP contribution in [0.25, 0.3) is 0 Å². The van der Waals surface area contributed by atoms with Gasteiger partial charge in [-0.1, -0.05) is 28.1 Å². The molecule has 1 heterocycles. The van der Waals surface area contributed by atoms with Gasteiger partial charge in [-0.3, -0.25) is 9.59 Å². The van der Waals surface area contributed by atoms with E-state index in [0.29, 0.717) is 6.54 Å². The largest absolute Gasteiger partial charge is 0.481 e. The molecule has 0 aliphatic carbocycles. The van der Waals surface area contributed by atoms with E-state index >= 15 is 0 Å². The Labute approximate surface area is 120 Å². The summed E-state index contributed by atoms with van der Waals surface area (Å²) >= 11 is 3.48. The normalized spacial score (nSPS) is 22.9. The first kappa shape index (κ1) is 14.1. The van der Waals surface area contributed by atoms with Crippen LogP contribution in [0.1, 0.15) is 30.5 Å². The number of aryl methyl sites for hydroxylation is 1. The van der Waals surface area contributed by atoms with Crippen LogP contribution in [-0.4, -0.2) is 28.4 Å². The highest BCUT2D eigenvalue weighted by atomic mass is 79.9. The second kappa shape index (κ2) is 5.33. The highest BCUT2D eigenvalue weighted by molar-refractivity contribution is 9.10. The molecule has 1 aliphatic rings. The molecule has 19 heavy (non-hydrogen) atoms. The van der Waals surface area contributed by atoms with Gasteiger partial charge in [-0.25, -0.2) is 0 Å². The van der Waals surface area contributed by atoms with E-state index in [9.17, 15) is 14.7 Å². The van der Waals surface area contributed by atoms with Crippen molar-refractivity contribution >= 4 is 27.8 Å². The zero-order chi connectivity index (χ0) is 14.2. The van der Waals surface area contributed by atoms with Crippen molar-refractivity contribution in [2.75, 3.05) is 6.54 Å². The Kier molecular flexibility index (Phi) is 3.94. The minimum Gasteiger partial charge on any atom is -0.481 e. The van der Waals surface area contributed by atoms with Crippen molar-refractivity contribution in [2.45, 2.75) is 26.3 Å². The molecule has 1 aliphatic heterocycles. The number of halogens is 1.